The Kier molecular flexibility index (Phi) is 4.41. The van der Waals surface area contributed by atoms with Crippen molar-refractivity contribution in [3.8, 4) is 0 Å². The van der Waals surface area contributed by atoms with Crippen LogP contribution in [0.4, 0.5) is 4.39 Å². The van der Waals surface area contributed by atoms with Gasteiger partial charge in [-0.2, -0.15) is 0 Å². The van der Waals surface area contributed by atoms with Crippen molar-refractivity contribution >= 4 is 15.9 Å². The lowest BCUT2D eigenvalue weighted by Crippen LogP contribution is -2.26. The molecule has 2 aromatic carbocycles. The van der Waals surface area contributed by atoms with Crippen LogP contribution in [0.2, 0.25) is 0 Å². The van der Waals surface area contributed by atoms with E-state index < -0.39 is 0 Å². The number of halogens is 2. The highest BCUT2D eigenvalue weighted by molar-refractivity contribution is 9.10. The van der Waals surface area contributed by atoms with Crippen molar-refractivity contribution in [2.75, 3.05) is 0 Å². The van der Waals surface area contributed by atoms with Crippen molar-refractivity contribution in [3.63, 3.8) is 0 Å². The first-order valence-corrected chi connectivity index (χ1v) is 8.20. The maximum absolute atomic E-state index is 13.1. The van der Waals surface area contributed by atoms with Crippen molar-refractivity contribution in [3.05, 3.63) is 69.9 Å². The molecule has 21 heavy (non-hydrogen) atoms. The average Bonchev–Trinajstić information content (AvgIpc) is 3.30. The fourth-order valence-electron chi connectivity index (χ4n) is 2.75. The summed E-state index contributed by atoms with van der Waals surface area (Å²) in [6.45, 7) is 2.18. The van der Waals surface area contributed by atoms with Crippen molar-refractivity contribution in [2.24, 2.45) is 5.92 Å². The molecule has 0 saturated heterocycles. The Morgan fingerprint density at radius 3 is 2.43 bits per heavy atom. The molecule has 1 unspecified atom stereocenters. The Morgan fingerprint density at radius 2 is 1.81 bits per heavy atom. The molecule has 0 amide bonds. The molecule has 0 bridgehead atoms. The van der Waals surface area contributed by atoms with Gasteiger partial charge in [0.05, 0.1) is 0 Å². The van der Waals surface area contributed by atoms with E-state index >= 15 is 0 Å². The third-order valence-corrected chi connectivity index (χ3v) is 4.59. The number of benzene rings is 2. The molecule has 110 valence electrons. The predicted octanol–water partition coefficient (Wildman–Crippen LogP) is 5.39. The van der Waals surface area contributed by atoms with Crippen molar-refractivity contribution in [2.45, 2.75) is 31.8 Å². The zero-order chi connectivity index (χ0) is 14.8. The summed E-state index contributed by atoms with van der Waals surface area (Å²) in [7, 11) is 0. The number of hydrogen-bond acceptors (Lipinski definition) is 1. The molecule has 0 spiro atoms. The van der Waals surface area contributed by atoms with Crippen LogP contribution in [0.5, 0.6) is 0 Å². The molecule has 1 saturated carbocycles. The summed E-state index contributed by atoms with van der Waals surface area (Å²) in [4.78, 5) is 0. The van der Waals surface area contributed by atoms with Gasteiger partial charge in [0.1, 0.15) is 5.82 Å². The van der Waals surface area contributed by atoms with Crippen LogP contribution in [0.1, 0.15) is 43.0 Å². The molecule has 0 radical (unpaired) electrons. The van der Waals surface area contributed by atoms with Gasteiger partial charge in [-0.25, -0.2) is 4.39 Å². The first kappa shape index (κ1) is 14.7. The molecule has 1 N–H and O–H groups in total. The minimum atomic E-state index is -0.173. The van der Waals surface area contributed by atoms with E-state index in [1.54, 1.807) is 12.1 Å². The van der Waals surface area contributed by atoms with Gasteiger partial charge in [-0.3, -0.25) is 0 Å². The van der Waals surface area contributed by atoms with Gasteiger partial charge in [-0.1, -0.05) is 40.2 Å². The molecule has 2 aromatic rings. The second-order valence-electron chi connectivity index (χ2n) is 5.81. The minimum absolute atomic E-state index is 0.173. The standard InChI is InChI=1S/C18H19BrFN/c1-12(15-3-2-4-16(19)11-15)21-18(13-5-6-13)14-7-9-17(20)10-8-14/h2-4,7-13,18,21H,5-6H2,1H3/t12-,18?/m0/s1. The maximum Gasteiger partial charge on any atom is 0.123 e. The number of nitrogens with one attached hydrogen (secondary N) is 1. The monoisotopic (exact) mass is 347 g/mol. The second kappa shape index (κ2) is 6.29. The second-order valence-corrected chi connectivity index (χ2v) is 6.73. The summed E-state index contributed by atoms with van der Waals surface area (Å²) < 4.78 is 14.2. The Labute approximate surface area is 133 Å². The normalized spacial score (nSPS) is 17.5. The van der Waals surface area contributed by atoms with Crippen LogP contribution in [0.25, 0.3) is 0 Å². The summed E-state index contributed by atoms with van der Waals surface area (Å²) in [6, 6.07) is 15.8. The van der Waals surface area contributed by atoms with Crippen molar-refractivity contribution in [1.82, 2.24) is 5.32 Å². The third-order valence-electron chi connectivity index (χ3n) is 4.10. The SMILES string of the molecule is C[C@H](NC(c1ccc(F)cc1)C1CC1)c1cccc(Br)c1. The summed E-state index contributed by atoms with van der Waals surface area (Å²) in [5, 5.41) is 3.71. The van der Waals surface area contributed by atoms with Crippen LogP contribution >= 0.6 is 15.9 Å². The first-order valence-electron chi connectivity index (χ1n) is 7.40. The highest BCUT2D eigenvalue weighted by Gasteiger charge is 2.33. The van der Waals surface area contributed by atoms with Gasteiger partial charge in [0, 0.05) is 16.6 Å². The topological polar surface area (TPSA) is 12.0 Å². The van der Waals surface area contributed by atoms with E-state index in [1.165, 1.54) is 24.0 Å². The van der Waals surface area contributed by atoms with Gasteiger partial charge in [-0.15, -0.1) is 0 Å². The van der Waals surface area contributed by atoms with E-state index in [-0.39, 0.29) is 11.9 Å². The molecule has 1 nitrogen and oxygen atoms in total. The Bertz CT molecular complexity index is 607. The van der Waals surface area contributed by atoms with Crippen LogP contribution in [-0.2, 0) is 0 Å². The molecule has 1 aliphatic carbocycles. The summed E-state index contributed by atoms with van der Waals surface area (Å²) in [5.41, 5.74) is 2.44. The fourth-order valence-corrected chi connectivity index (χ4v) is 3.16. The molecule has 3 rings (SSSR count). The molecular formula is C18H19BrFN. The average molecular weight is 348 g/mol. The number of hydrogen-bond donors (Lipinski definition) is 1. The molecule has 1 fully saturated rings. The molecule has 0 aliphatic heterocycles. The van der Waals surface area contributed by atoms with Gasteiger partial charge in [0.2, 0.25) is 0 Å². The molecule has 0 aromatic heterocycles. The van der Waals surface area contributed by atoms with E-state index in [2.05, 4.69) is 46.4 Å². The summed E-state index contributed by atoms with van der Waals surface area (Å²) >= 11 is 3.52. The third kappa shape index (κ3) is 3.72. The lowest BCUT2D eigenvalue weighted by Gasteiger charge is -2.24. The zero-order valence-corrected chi connectivity index (χ0v) is 13.6. The predicted molar refractivity (Wildman–Crippen MR) is 87.6 cm³/mol. The van der Waals surface area contributed by atoms with Crippen LogP contribution in [0.15, 0.2) is 53.0 Å². The summed E-state index contributed by atoms with van der Waals surface area (Å²) in [5.74, 6) is 0.499. The van der Waals surface area contributed by atoms with Gasteiger partial charge in [0.15, 0.2) is 0 Å². The molecular weight excluding hydrogens is 329 g/mol. The Hall–Kier alpha value is -1.19. The summed E-state index contributed by atoms with van der Waals surface area (Å²) in [6.07, 6.45) is 2.50. The van der Waals surface area contributed by atoms with Gasteiger partial charge in [0.25, 0.3) is 0 Å². The minimum Gasteiger partial charge on any atom is -0.303 e. The van der Waals surface area contributed by atoms with Gasteiger partial charge in [-0.05, 0) is 61.1 Å². The van der Waals surface area contributed by atoms with E-state index in [9.17, 15) is 4.39 Å². The van der Waals surface area contributed by atoms with Crippen LogP contribution in [-0.4, -0.2) is 0 Å². The lowest BCUT2D eigenvalue weighted by atomic mass is 9.99. The highest BCUT2D eigenvalue weighted by atomic mass is 79.9. The van der Waals surface area contributed by atoms with E-state index in [0.29, 0.717) is 12.0 Å². The largest absolute Gasteiger partial charge is 0.303 e. The Morgan fingerprint density at radius 1 is 1.10 bits per heavy atom. The van der Waals surface area contributed by atoms with Crippen LogP contribution in [0, 0.1) is 11.7 Å². The lowest BCUT2D eigenvalue weighted by molar-refractivity contribution is 0.427. The Balaban J connectivity index is 1.77. The first-order chi connectivity index (χ1) is 10.1. The van der Waals surface area contributed by atoms with Crippen LogP contribution < -0.4 is 5.32 Å². The highest BCUT2D eigenvalue weighted by Crippen LogP contribution is 2.42. The zero-order valence-electron chi connectivity index (χ0n) is 12.0. The fraction of sp³-hybridized carbons (Fsp3) is 0.333. The van der Waals surface area contributed by atoms with Gasteiger partial charge >= 0.3 is 0 Å². The smallest absolute Gasteiger partial charge is 0.123 e. The molecule has 0 heterocycles. The van der Waals surface area contributed by atoms with Gasteiger partial charge < -0.3 is 5.32 Å². The molecule has 2 atom stereocenters. The van der Waals surface area contributed by atoms with E-state index in [1.807, 2.05) is 18.2 Å². The van der Waals surface area contributed by atoms with E-state index in [0.717, 1.165) is 4.47 Å². The maximum atomic E-state index is 13.1. The number of rotatable bonds is 5. The molecule has 3 heteroatoms. The van der Waals surface area contributed by atoms with Crippen molar-refractivity contribution in [1.29, 1.82) is 0 Å². The van der Waals surface area contributed by atoms with Crippen molar-refractivity contribution < 1.29 is 4.39 Å². The van der Waals surface area contributed by atoms with Crippen LogP contribution in [0.3, 0.4) is 0 Å². The van der Waals surface area contributed by atoms with E-state index in [4.69, 9.17) is 0 Å². The quantitative estimate of drug-likeness (QED) is 0.764. The molecule has 1 aliphatic rings.